The molecule has 0 aliphatic heterocycles. The van der Waals surface area contributed by atoms with Crippen LogP contribution in [0.4, 0.5) is 4.39 Å². The van der Waals surface area contributed by atoms with Gasteiger partial charge in [-0.1, -0.05) is 19.0 Å². The highest BCUT2D eigenvalue weighted by atomic mass is 32.2. The summed E-state index contributed by atoms with van der Waals surface area (Å²) in [5.74, 6) is -0.940. The van der Waals surface area contributed by atoms with Crippen LogP contribution in [0, 0.1) is 12.7 Å². The number of carbonyl (C=O) groups excluding carboxylic acids is 1. The van der Waals surface area contributed by atoms with Crippen molar-refractivity contribution in [1.29, 1.82) is 0 Å². The number of amides is 1. The number of hydrogen-bond acceptors (Lipinski definition) is 5. The number of rotatable bonds is 7. The first-order valence-electron chi connectivity index (χ1n) is 7.79. The molecular weight excluding hydrogens is 349 g/mol. The van der Waals surface area contributed by atoms with E-state index < -0.39 is 21.7 Å². The van der Waals surface area contributed by atoms with Crippen molar-refractivity contribution < 1.29 is 22.1 Å². The molecule has 0 radical (unpaired) electrons. The van der Waals surface area contributed by atoms with E-state index in [1.54, 1.807) is 26.8 Å². The van der Waals surface area contributed by atoms with Gasteiger partial charge < -0.3 is 9.84 Å². The maximum Gasteiger partial charge on any atom is 0.254 e. The van der Waals surface area contributed by atoms with E-state index in [9.17, 15) is 17.6 Å². The lowest BCUT2D eigenvalue weighted by atomic mass is 10.2. The molecule has 0 aliphatic rings. The Bertz CT molecular complexity index is 860. The Balaban J connectivity index is 2.24. The molecule has 0 bridgehead atoms. The van der Waals surface area contributed by atoms with Crippen LogP contribution in [0.5, 0.6) is 0 Å². The first-order valence-corrected chi connectivity index (χ1v) is 9.23. The zero-order valence-corrected chi connectivity index (χ0v) is 15.1. The predicted molar refractivity (Wildman–Crippen MR) is 88.9 cm³/mol. The molecule has 0 fully saturated rings. The number of aryl methyl sites for hydroxylation is 1. The van der Waals surface area contributed by atoms with Gasteiger partial charge in [0.15, 0.2) is 0 Å². The molecule has 1 heterocycles. The number of nitrogens with one attached hydrogen (secondary N) is 1. The molecule has 1 aromatic heterocycles. The van der Waals surface area contributed by atoms with Crippen LogP contribution in [0.25, 0.3) is 0 Å². The van der Waals surface area contributed by atoms with Crippen LogP contribution >= 0.6 is 0 Å². The van der Waals surface area contributed by atoms with E-state index in [1.165, 1.54) is 4.31 Å². The van der Waals surface area contributed by atoms with E-state index in [4.69, 9.17) is 4.52 Å². The third-order valence-corrected chi connectivity index (χ3v) is 5.68. The first kappa shape index (κ1) is 19.1. The smallest absolute Gasteiger partial charge is 0.254 e. The average Bonchev–Trinajstić information content (AvgIpc) is 2.99. The van der Waals surface area contributed by atoms with E-state index >= 15 is 0 Å². The molecule has 9 heteroatoms. The largest absolute Gasteiger partial charge is 0.361 e. The maximum absolute atomic E-state index is 14.0. The number of nitrogens with zero attached hydrogens (tertiary/aromatic N) is 2. The van der Waals surface area contributed by atoms with Gasteiger partial charge in [-0.2, -0.15) is 4.31 Å². The molecular formula is C16H20FN3O4S. The topological polar surface area (TPSA) is 92.5 Å². The quantitative estimate of drug-likeness (QED) is 0.807. The summed E-state index contributed by atoms with van der Waals surface area (Å²) in [5.41, 5.74) is 0.145. The highest BCUT2D eigenvalue weighted by Crippen LogP contribution is 2.19. The lowest BCUT2D eigenvalue weighted by Crippen LogP contribution is -2.31. The molecule has 1 N–H and O–H groups in total. The highest BCUT2D eigenvalue weighted by molar-refractivity contribution is 7.89. The summed E-state index contributed by atoms with van der Waals surface area (Å²) in [5, 5.41) is 6.22. The fraction of sp³-hybridized carbons (Fsp3) is 0.375. The second-order valence-corrected chi connectivity index (χ2v) is 7.28. The first-order chi connectivity index (χ1) is 11.8. The van der Waals surface area contributed by atoms with Crippen molar-refractivity contribution >= 4 is 15.9 Å². The number of benzene rings is 1. The molecule has 1 amide bonds. The Hall–Kier alpha value is -2.26. The molecule has 1 aromatic carbocycles. The molecule has 136 valence electrons. The van der Waals surface area contributed by atoms with Crippen LogP contribution in [0.2, 0.25) is 0 Å². The van der Waals surface area contributed by atoms with E-state index in [1.807, 2.05) is 0 Å². The summed E-state index contributed by atoms with van der Waals surface area (Å²) in [6, 6.07) is 4.82. The molecule has 0 saturated carbocycles. The number of halogens is 1. The molecule has 0 saturated heterocycles. The molecule has 0 aliphatic carbocycles. The minimum absolute atomic E-state index is 0.0443. The monoisotopic (exact) mass is 369 g/mol. The third-order valence-electron chi connectivity index (χ3n) is 3.63. The summed E-state index contributed by atoms with van der Waals surface area (Å²) in [6.07, 6.45) is 0. The van der Waals surface area contributed by atoms with Gasteiger partial charge in [0.1, 0.15) is 17.3 Å². The van der Waals surface area contributed by atoms with Gasteiger partial charge in [0.05, 0.1) is 17.0 Å². The number of carbonyl (C=O) groups is 1. The second-order valence-electron chi connectivity index (χ2n) is 5.34. The number of sulfonamides is 1. The zero-order chi connectivity index (χ0) is 18.6. The van der Waals surface area contributed by atoms with Gasteiger partial charge in [0.2, 0.25) is 10.0 Å². The Morgan fingerprint density at radius 1 is 1.28 bits per heavy atom. The van der Waals surface area contributed by atoms with Crippen LogP contribution in [0.1, 0.15) is 35.7 Å². The van der Waals surface area contributed by atoms with Crippen LogP contribution in [-0.2, 0) is 16.6 Å². The zero-order valence-electron chi connectivity index (χ0n) is 14.2. The minimum Gasteiger partial charge on any atom is -0.361 e. The molecule has 25 heavy (non-hydrogen) atoms. The minimum atomic E-state index is -3.78. The van der Waals surface area contributed by atoms with Crippen LogP contribution in [0.3, 0.4) is 0 Å². The van der Waals surface area contributed by atoms with E-state index in [0.29, 0.717) is 11.5 Å². The summed E-state index contributed by atoms with van der Waals surface area (Å²) in [4.78, 5) is 12.1. The van der Waals surface area contributed by atoms with Gasteiger partial charge in [-0.3, -0.25) is 4.79 Å². The Kier molecular flexibility index (Phi) is 5.91. The molecule has 2 rings (SSSR count). The van der Waals surface area contributed by atoms with Gasteiger partial charge >= 0.3 is 0 Å². The summed E-state index contributed by atoms with van der Waals surface area (Å²) in [7, 11) is -3.78. The summed E-state index contributed by atoms with van der Waals surface area (Å²) in [6.45, 7) is 5.73. The summed E-state index contributed by atoms with van der Waals surface area (Å²) < 4.78 is 45.1. The normalized spacial score (nSPS) is 11.7. The predicted octanol–water partition coefficient (Wildman–Crippen LogP) is 2.08. The van der Waals surface area contributed by atoms with Crippen molar-refractivity contribution in [3.8, 4) is 0 Å². The molecule has 0 unspecified atom stereocenters. The van der Waals surface area contributed by atoms with Gasteiger partial charge in [0, 0.05) is 19.2 Å². The SMILES string of the molecule is CCN(CC)S(=O)(=O)c1ccc(F)c(C(=O)NCc2cc(C)on2)c1. The fourth-order valence-corrected chi connectivity index (χ4v) is 3.80. The molecule has 2 aromatic rings. The Morgan fingerprint density at radius 3 is 2.52 bits per heavy atom. The Morgan fingerprint density at radius 2 is 1.96 bits per heavy atom. The molecule has 0 spiro atoms. The third kappa shape index (κ3) is 4.23. The standard InChI is InChI=1S/C16H20FN3O4S/c1-4-20(5-2)25(22,23)13-6-7-15(17)14(9-13)16(21)18-10-12-8-11(3)24-19-12/h6-9H,4-5,10H2,1-3H3,(H,18,21). The van der Waals surface area contributed by atoms with E-state index in [2.05, 4.69) is 10.5 Å². The van der Waals surface area contributed by atoms with Crippen molar-refractivity contribution in [1.82, 2.24) is 14.8 Å². The van der Waals surface area contributed by atoms with E-state index in [-0.39, 0.29) is 30.1 Å². The molecule has 0 atom stereocenters. The van der Waals surface area contributed by atoms with Crippen molar-refractivity contribution in [2.75, 3.05) is 13.1 Å². The second kappa shape index (κ2) is 7.75. The van der Waals surface area contributed by atoms with Crippen LogP contribution in [0.15, 0.2) is 33.7 Å². The average molecular weight is 369 g/mol. The maximum atomic E-state index is 14.0. The van der Waals surface area contributed by atoms with E-state index in [0.717, 1.165) is 18.2 Å². The number of hydrogen-bond donors (Lipinski definition) is 1. The van der Waals surface area contributed by atoms with Crippen molar-refractivity contribution in [2.45, 2.75) is 32.2 Å². The molecule has 7 nitrogen and oxygen atoms in total. The van der Waals surface area contributed by atoms with Crippen LogP contribution in [-0.4, -0.2) is 36.9 Å². The summed E-state index contributed by atoms with van der Waals surface area (Å²) >= 11 is 0. The number of aromatic nitrogens is 1. The highest BCUT2D eigenvalue weighted by Gasteiger charge is 2.24. The van der Waals surface area contributed by atoms with Gasteiger partial charge in [-0.25, -0.2) is 12.8 Å². The van der Waals surface area contributed by atoms with Crippen molar-refractivity contribution in [3.63, 3.8) is 0 Å². The van der Waals surface area contributed by atoms with Gasteiger partial charge in [-0.15, -0.1) is 0 Å². The van der Waals surface area contributed by atoms with Gasteiger partial charge in [0.25, 0.3) is 5.91 Å². The Labute approximate surface area is 145 Å². The fourth-order valence-electron chi connectivity index (χ4n) is 2.32. The lowest BCUT2D eigenvalue weighted by Gasteiger charge is -2.18. The van der Waals surface area contributed by atoms with Gasteiger partial charge in [-0.05, 0) is 25.1 Å². The van der Waals surface area contributed by atoms with Crippen LogP contribution < -0.4 is 5.32 Å². The van der Waals surface area contributed by atoms with Crippen molar-refractivity contribution in [2.24, 2.45) is 0 Å². The lowest BCUT2D eigenvalue weighted by molar-refractivity contribution is 0.0946. The van der Waals surface area contributed by atoms with Crippen molar-refractivity contribution in [3.05, 3.63) is 47.1 Å².